The molecular formula is C13H25N3. The molecule has 16 heavy (non-hydrogen) atoms. The van der Waals surface area contributed by atoms with Crippen molar-refractivity contribution in [3.63, 3.8) is 0 Å². The van der Waals surface area contributed by atoms with E-state index >= 15 is 0 Å². The van der Waals surface area contributed by atoms with Crippen molar-refractivity contribution in [3.05, 3.63) is 12.7 Å². The predicted octanol–water partition coefficient (Wildman–Crippen LogP) is 2.53. The number of nitrogens with zero attached hydrogens (tertiary/aromatic N) is 2. The molecule has 0 spiro atoms. The number of rotatable bonds is 8. The van der Waals surface area contributed by atoms with Crippen LogP contribution in [0.25, 0.3) is 0 Å². The lowest BCUT2D eigenvalue weighted by molar-refractivity contribution is 0.359. The summed E-state index contributed by atoms with van der Waals surface area (Å²) in [4.78, 5) is 6.74. The van der Waals surface area contributed by atoms with E-state index in [9.17, 15) is 0 Å². The Morgan fingerprint density at radius 2 is 2.19 bits per heavy atom. The quantitative estimate of drug-likeness (QED) is 0.507. The molecule has 1 rings (SSSR count). The molecular weight excluding hydrogens is 198 g/mol. The van der Waals surface area contributed by atoms with Crippen molar-refractivity contribution in [1.29, 1.82) is 0 Å². The Morgan fingerprint density at radius 1 is 1.44 bits per heavy atom. The van der Waals surface area contributed by atoms with E-state index in [2.05, 4.69) is 16.5 Å². The maximum atomic E-state index is 5.89. The Bertz CT molecular complexity index is 233. The molecule has 0 saturated carbocycles. The van der Waals surface area contributed by atoms with Crippen molar-refractivity contribution < 1.29 is 0 Å². The normalized spacial score (nSPS) is 17.4. The van der Waals surface area contributed by atoms with Crippen LogP contribution >= 0.6 is 0 Å². The van der Waals surface area contributed by atoms with Crippen LogP contribution in [0.1, 0.15) is 45.4 Å². The van der Waals surface area contributed by atoms with Gasteiger partial charge < -0.3 is 10.6 Å². The Balaban J connectivity index is 2.10. The summed E-state index contributed by atoms with van der Waals surface area (Å²) >= 11 is 0. The van der Waals surface area contributed by atoms with Crippen molar-refractivity contribution in [2.24, 2.45) is 10.7 Å². The van der Waals surface area contributed by atoms with Gasteiger partial charge in [0.2, 0.25) is 0 Å². The number of unbranched alkanes of at least 4 members (excludes halogenated alkanes) is 4. The van der Waals surface area contributed by atoms with Gasteiger partial charge in [0.1, 0.15) is 5.84 Å². The third kappa shape index (κ3) is 4.35. The molecule has 0 radical (unpaired) electrons. The van der Waals surface area contributed by atoms with Crippen LogP contribution < -0.4 is 5.73 Å². The third-order valence-corrected chi connectivity index (χ3v) is 3.02. The lowest BCUT2D eigenvalue weighted by atomic mass is 10.1. The summed E-state index contributed by atoms with van der Waals surface area (Å²) in [5, 5.41) is 0. The molecule has 0 bridgehead atoms. The van der Waals surface area contributed by atoms with Crippen LogP contribution in [0.5, 0.6) is 0 Å². The van der Waals surface area contributed by atoms with Gasteiger partial charge in [-0.25, -0.2) is 0 Å². The van der Waals surface area contributed by atoms with Crippen molar-refractivity contribution >= 4 is 5.84 Å². The van der Waals surface area contributed by atoms with Gasteiger partial charge in [0.05, 0.1) is 12.7 Å². The van der Waals surface area contributed by atoms with Crippen molar-refractivity contribution in [2.45, 2.75) is 51.6 Å². The maximum Gasteiger partial charge on any atom is 0.100 e. The molecule has 1 heterocycles. The number of hydrogen-bond acceptors (Lipinski definition) is 3. The predicted molar refractivity (Wildman–Crippen MR) is 70.6 cm³/mol. The zero-order valence-corrected chi connectivity index (χ0v) is 10.5. The standard InChI is InChI=1S/C13H25N3/c1-3-4-5-6-7-8-9-13-15-10-11-16(13)12(2)14/h3,12H,1,4-11,14H2,2H3. The van der Waals surface area contributed by atoms with Crippen LogP contribution in [-0.4, -0.2) is 30.0 Å². The summed E-state index contributed by atoms with van der Waals surface area (Å²) in [5.74, 6) is 1.22. The molecule has 0 saturated heterocycles. The van der Waals surface area contributed by atoms with Gasteiger partial charge in [-0.2, -0.15) is 0 Å². The van der Waals surface area contributed by atoms with Crippen LogP contribution in [0.3, 0.4) is 0 Å². The molecule has 0 aromatic rings. The molecule has 0 amide bonds. The van der Waals surface area contributed by atoms with E-state index in [-0.39, 0.29) is 6.17 Å². The van der Waals surface area contributed by atoms with Crippen LogP contribution in [0.15, 0.2) is 17.6 Å². The number of allylic oxidation sites excluding steroid dienone is 1. The van der Waals surface area contributed by atoms with E-state index in [4.69, 9.17) is 5.73 Å². The first-order chi connectivity index (χ1) is 7.75. The highest BCUT2D eigenvalue weighted by atomic mass is 15.3. The molecule has 0 aromatic heterocycles. The monoisotopic (exact) mass is 223 g/mol. The van der Waals surface area contributed by atoms with Gasteiger partial charge in [-0.3, -0.25) is 4.99 Å². The fraction of sp³-hybridized carbons (Fsp3) is 0.769. The van der Waals surface area contributed by atoms with Gasteiger partial charge in [-0.1, -0.05) is 18.9 Å². The van der Waals surface area contributed by atoms with E-state index < -0.39 is 0 Å². The lowest BCUT2D eigenvalue weighted by Crippen LogP contribution is -2.41. The molecule has 1 aliphatic rings. The van der Waals surface area contributed by atoms with E-state index in [0.29, 0.717) is 0 Å². The molecule has 92 valence electrons. The highest BCUT2D eigenvalue weighted by molar-refractivity contribution is 5.83. The van der Waals surface area contributed by atoms with Gasteiger partial charge in [0, 0.05) is 13.0 Å². The van der Waals surface area contributed by atoms with Crippen molar-refractivity contribution in [3.8, 4) is 0 Å². The van der Waals surface area contributed by atoms with Crippen LogP contribution in [0.4, 0.5) is 0 Å². The van der Waals surface area contributed by atoms with Crippen LogP contribution in [0.2, 0.25) is 0 Å². The second-order valence-corrected chi connectivity index (χ2v) is 4.47. The van der Waals surface area contributed by atoms with E-state index in [0.717, 1.165) is 25.9 Å². The van der Waals surface area contributed by atoms with E-state index in [1.54, 1.807) is 0 Å². The first-order valence-electron chi connectivity index (χ1n) is 6.42. The highest BCUT2D eigenvalue weighted by Crippen LogP contribution is 2.12. The Labute approximate surface area is 99.4 Å². The van der Waals surface area contributed by atoms with Crippen LogP contribution in [-0.2, 0) is 0 Å². The molecule has 3 nitrogen and oxygen atoms in total. The Hall–Kier alpha value is -0.830. The van der Waals surface area contributed by atoms with Crippen molar-refractivity contribution in [2.75, 3.05) is 13.1 Å². The van der Waals surface area contributed by atoms with Gasteiger partial charge >= 0.3 is 0 Å². The molecule has 1 atom stereocenters. The largest absolute Gasteiger partial charge is 0.343 e. The number of aliphatic imine (C=N–C) groups is 1. The second kappa shape index (κ2) is 7.44. The maximum absolute atomic E-state index is 5.89. The molecule has 0 aliphatic carbocycles. The molecule has 0 fully saturated rings. The Morgan fingerprint density at radius 3 is 2.88 bits per heavy atom. The van der Waals surface area contributed by atoms with Gasteiger partial charge in [-0.05, 0) is 26.2 Å². The summed E-state index contributed by atoms with van der Waals surface area (Å²) < 4.78 is 0. The smallest absolute Gasteiger partial charge is 0.100 e. The highest BCUT2D eigenvalue weighted by Gasteiger charge is 2.18. The SMILES string of the molecule is C=CCCCCCCC1=NCCN1C(C)N. The first kappa shape index (κ1) is 13.2. The summed E-state index contributed by atoms with van der Waals surface area (Å²) in [7, 11) is 0. The van der Waals surface area contributed by atoms with Gasteiger partial charge in [0.15, 0.2) is 0 Å². The van der Waals surface area contributed by atoms with Gasteiger partial charge in [-0.15, -0.1) is 6.58 Å². The van der Waals surface area contributed by atoms with Crippen molar-refractivity contribution in [1.82, 2.24) is 4.90 Å². The van der Waals surface area contributed by atoms with E-state index in [1.165, 1.54) is 31.5 Å². The molecule has 2 N–H and O–H groups in total. The summed E-state index contributed by atoms with van der Waals surface area (Å²) in [6, 6.07) is 0. The minimum atomic E-state index is 0.113. The number of nitrogens with two attached hydrogens (primary N) is 1. The third-order valence-electron chi connectivity index (χ3n) is 3.02. The molecule has 0 aromatic carbocycles. The lowest BCUT2D eigenvalue weighted by Gasteiger charge is -2.24. The average Bonchev–Trinajstić information content (AvgIpc) is 2.71. The second-order valence-electron chi connectivity index (χ2n) is 4.47. The minimum Gasteiger partial charge on any atom is -0.343 e. The summed E-state index contributed by atoms with van der Waals surface area (Å²) in [6.45, 7) is 7.69. The zero-order chi connectivity index (χ0) is 11.8. The minimum absolute atomic E-state index is 0.113. The fourth-order valence-electron chi connectivity index (χ4n) is 2.09. The summed E-state index contributed by atoms with van der Waals surface area (Å²) in [5.41, 5.74) is 5.89. The van der Waals surface area contributed by atoms with Crippen LogP contribution in [0, 0.1) is 0 Å². The average molecular weight is 223 g/mol. The Kier molecular flexibility index (Phi) is 6.16. The number of amidine groups is 1. The molecule has 1 aliphatic heterocycles. The van der Waals surface area contributed by atoms with E-state index in [1.807, 2.05) is 13.0 Å². The topological polar surface area (TPSA) is 41.6 Å². The first-order valence-corrected chi connectivity index (χ1v) is 6.42. The molecule has 1 unspecified atom stereocenters. The zero-order valence-electron chi connectivity index (χ0n) is 10.5. The fourth-order valence-corrected chi connectivity index (χ4v) is 2.09. The molecule has 3 heteroatoms. The summed E-state index contributed by atoms with van der Waals surface area (Å²) in [6.07, 6.45) is 9.45. The number of hydrogen-bond donors (Lipinski definition) is 1. The van der Waals surface area contributed by atoms with Gasteiger partial charge in [0.25, 0.3) is 0 Å².